The van der Waals surface area contributed by atoms with Gasteiger partial charge in [-0.15, -0.1) is 0 Å². The van der Waals surface area contributed by atoms with E-state index in [1.54, 1.807) is 0 Å². The molecule has 7 heteroatoms. The molecular formula is C22H22BrN5O. The smallest absolute Gasteiger partial charge is 0.261 e. The van der Waals surface area contributed by atoms with Gasteiger partial charge in [-0.05, 0) is 49.7 Å². The van der Waals surface area contributed by atoms with Crippen LogP contribution in [0.15, 0.2) is 51.7 Å². The van der Waals surface area contributed by atoms with Crippen molar-refractivity contribution in [2.24, 2.45) is 0 Å². The molecule has 148 valence electrons. The van der Waals surface area contributed by atoms with E-state index in [-0.39, 0.29) is 5.56 Å². The van der Waals surface area contributed by atoms with Gasteiger partial charge in [-0.25, -0.2) is 4.98 Å². The summed E-state index contributed by atoms with van der Waals surface area (Å²) in [5.41, 5.74) is 3.77. The summed E-state index contributed by atoms with van der Waals surface area (Å²) in [7, 11) is 0. The maximum Gasteiger partial charge on any atom is 0.261 e. The van der Waals surface area contributed by atoms with Gasteiger partial charge in [0.2, 0.25) is 0 Å². The molecule has 1 fully saturated rings. The highest BCUT2D eigenvalue weighted by Crippen LogP contribution is 2.32. The van der Waals surface area contributed by atoms with Gasteiger partial charge in [0.25, 0.3) is 5.56 Å². The molecule has 4 N–H and O–H groups in total. The van der Waals surface area contributed by atoms with Crippen LogP contribution < -0.4 is 16.2 Å². The zero-order chi connectivity index (χ0) is 19.8. The molecule has 1 atom stereocenters. The summed E-state index contributed by atoms with van der Waals surface area (Å²) >= 11 is 3.57. The maximum absolute atomic E-state index is 13.1. The molecule has 0 aliphatic carbocycles. The minimum absolute atomic E-state index is 0.155. The van der Waals surface area contributed by atoms with E-state index in [2.05, 4.69) is 41.5 Å². The van der Waals surface area contributed by atoms with E-state index in [1.807, 2.05) is 42.5 Å². The lowest BCUT2D eigenvalue weighted by Gasteiger charge is -2.25. The molecule has 6 nitrogen and oxygen atoms in total. The van der Waals surface area contributed by atoms with Crippen molar-refractivity contribution in [2.75, 3.05) is 18.4 Å². The predicted molar refractivity (Wildman–Crippen MR) is 121 cm³/mol. The Morgan fingerprint density at radius 2 is 2.00 bits per heavy atom. The Morgan fingerprint density at radius 1 is 1.10 bits per heavy atom. The summed E-state index contributed by atoms with van der Waals surface area (Å²) < 4.78 is 0.964. The normalized spacial score (nSPS) is 17.1. The highest BCUT2D eigenvalue weighted by molar-refractivity contribution is 9.10. The molecule has 2 aromatic carbocycles. The van der Waals surface area contributed by atoms with Crippen LogP contribution >= 0.6 is 15.9 Å². The van der Waals surface area contributed by atoms with Gasteiger partial charge >= 0.3 is 0 Å². The quantitative estimate of drug-likeness (QED) is 0.370. The number of piperidine rings is 1. The van der Waals surface area contributed by atoms with E-state index in [4.69, 9.17) is 0 Å². The molecule has 0 amide bonds. The zero-order valence-corrected chi connectivity index (χ0v) is 17.5. The standard InChI is InChI=1S/C22H22BrN5O/c23-13-8-9-16-15(11-13)20(25-12-14-5-3-4-10-24-14)19(22(29)28-16)21-26-17-6-1-2-7-18(17)27-21/h1-2,6-9,11,14,24H,3-5,10,12H2,(H,26,27)(H2,25,28,29)/t14-/m0/s1. The maximum atomic E-state index is 13.1. The zero-order valence-electron chi connectivity index (χ0n) is 15.9. The first-order valence-electron chi connectivity index (χ1n) is 9.97. The van der Waals surface area contributed by atoms with Crippen LogP contribution in [0, 0.1) is 0 Å². The van der Waals surface area contributed by atoms with E-state index >= 15 is 0 Å². The molecule has 0 radical (unpaired) electrons. The van der Waals surface area contributed by atoms with Crippen LogP contribution in [0.25, 0.3) is 33.3 Å². The first-order valence-corrected chi connectivity index (χ1v) is 10.8. The number of nitrogens with one attached hydrogen (secondary N) is 4. The summed E-state index contributed by atoms with van der Waals surface area (Å²) in [6.07, 6.45) is 3.59. The minimum atomic E-state index is -0.155. The second-order valence-corrected chi connectivity index (χ2v) is 8.44. The first-order chi connectivity index (χ1) is 14.2. The second kappa shape index (κ2) is 7.65. The van der Waals surface area contributed by atoms with Gasteiger partial charge in [0.15, 0.2) is 0 Å². The topological polar surface area (TPSA) is 85.6 Å². The number of anilines is 1. The number of fused-ring (bicyclic) bond motifs is 2. The fourth-order valence-electron chi connectivity index (χ4n) is 4.07. The number of halogens is 1. The Bertz CT molecular complexity index is 1210. The van der Waals surface area contributed by atoms with Crippen molar-refractivity contribution in [3.8, 4) is 11.4 Å². The first kappa shape index (κ1) is 18.4. The van der Waals surface area contributed by atoms with Crippen LogP contribution in [0.4, 0.5) is 5.69 Å². The SMILES string of the molecule is O=c1[nH]c2ccc(Br)cc2c(NC[C@@H]2CCCCN2)c1-c1nc2ccccc2[nH]1. The molecule has 2 aromatic heterocycles. The Labute approximate surface area is 176 Å². The number of H-pyrrole nitrogens is 2. The monoisotopic (exact) mass is 451 g/mol. The molecule has 0 spiro atoms. The number of pyridine rings is 1. The van der Waals surface area contributed by atoms with Crippen LogP contribution in [0.5, 0.6) is 0 Å². The summed E-state index contributed by atoms with van der Waals surface area (Å²) in [6, 6.07) is 14.1. The van der Waals surface area contributed by atoms with E-state index in [9.17, 15) is 4.79 Å². The molecule has 3 heterocycles. The van der Waals surface area contributed by atoms with Crippen LogP contribution in [-0.4, -0.2) is 34.1 Å². The lowest BCUT2D eigenvalue weighted by molar-refractivity contribution is 0.414. The van der Waals surface area contributed by atoms with Crippen LogP contribution in [0.3, 0.4) is 0 Å². The largest absolute Gasteiger partial charge is 0.382 e. The minimum Gasteiger partial charge on any atom is -0.382 e. The van der Waals surface area contributed by atoms with E-state index in [0.29, 0.717) is 17.4 Å². The number of para-hydroxylation sites is 2. The van der Waals surface area contributed by atoms with Gasteiger partial charge < -0.3 is 20.6 Å². The lowest BCUT2D eigenvalue weighted by Crippen LogP contribution is -2.39. The van der Waals surface area contributed by atoms with E-state index < -0.39 is 0 Å². The van der Waals surface area contributed by atoms with Crippen molar-refractivity contribution in [3.63, 3.8) is 0 Å². The van der Waals surface area contributed by atoms with Gasteiger partial charge in [0.05, 0.1) is 22.2 Å². The molecule has 29 heavy (non-hydrogen) atoms. The van der Waals surface area contributed by atoms with Crippen LogP contribution in [-0.2, 0) is 0 Å². The van der Waals surface area contributed by atoms with Crippen molar-refractivity contribution in [1.29, 1.82) is 0 Å². The Kier molecular flexibility index (Phi) is 4.85. The van der Waals surface area contributed by atoms with Crippen LogP contribution in [0.2, 0.25) is 0 Å². The number of imidazole rings is 1. The molecule has 0 bridgehead atoms. The Morgan fingerprint density at radius 3 is 2.83 bits per heavy atom. The van der Waals surface area contributed by atoms with Gasteiger partial charge in [-0.1, -0.05) is 34.5 Å². The predicted octanol–water partition coefficient (Wildman–Crippen LogP) is 4.39. The number of hydrogen-bond acceptors (Lipinski definition) is 4. The van der Waals surface area contributed by atoms with Crippen molar-refractivity contribution in [2.45, 2.75) is 25.3 Å². The van der Waals surface area contributed by atoms with Gasteiger partial charge in [0, 0.05) is 22.4 Å². The average molecular weight is 452 g/mol. The summed E-state index contributed by atoms with van der Waals surface area (Å²) in [4.78, 5) is 24.1. The Balaban J connectivity index is 1.66. The number of rotatable bonds is 4. The number of aromatic amines is 2. The van der Waals surface area contributed by atoms with Gasteiger partial charge in [-0.2, -0.15) is 0 Å². The average Bonchev–Trinajstić information content (AvgIpc) is 3.16. The molecule has 1 saturated heterocycles. The van der Waals surface area contributed by atoms with Gasteiger partial charge in [-0.3, -0.25) is 4.79 Å². The number of nitrogens with zero attached hydrogens (tertiary/aromatic N) is 1. The molecule has 4 aromatic rings. The molecular weight excluding hydrogens is 430 g/mol. The second-order valence-electron chi connectivity index (χ2n) is 7.52. The highest BCUT2D eigenvalue weighted by atomic mass is 79.9. The third-order valence-electron chi connectivity index (χ3n) is 5.54. The van der Waals surface area contributed by atoms with Crippen molar-refractivity contribution in [3.05, 3.63) is 57.3 Å². The molecule has 1 aliphatic heterocycles. The fourth-order valence-corrected chi connectivity index (χ4v) is 4.43. The molecule has 1 aliphatic rings. The number of hydrogen-bond donors (Lipinski definition) is 4. The van der Waals surface area contributed by atoms with Crippen molar-refractivity contribution < 1.29 is 0 Å². The Hall–Kier alpha value is -2.64. The third-order valence-corrected chi connectivity index (χ3v) is 6.03. The van der Waals surface area contributed by atoms with Crippen LogP contribution in [0.1, 0.15) is 19.3 Å². The van der Waals surface area contributed by atoms with E-state index in [1.165, 1.54) is 12.8 Å². The highest BCUT2D eigenvalue weighted by Gasteiger charge is 2.20. The summed E-state index contributed by atoms with van der Waals surface area (Å²) in [5, 5.41) is 8.10. The van der Waals surface area contributed by atoms with E-state index in [0.717, 1.165) is 51.6 Å². The summed E-state index contributed by atoms with van der Waals surface area (Å²) in [5.74, 6) is 0.577. The fraction of sp³-hybridized carbons (Fsp3) is 0.273. The number of aromatic nitrogens is 3. The third kappa shape index (κ3) is 3.56. The number of benzene rings is 2. The molecule has 5 rings (SSSR count). The van der Waals surface area contributed by atoms with Crippen molar-refractivity contribution >= 4 is 43.6 Å². The van der Waals surface area contributed by atoms with Gasteiger partial charge in [0.1, 0.15) is 11.4 Å². The lowest BCUT2D eigenvalue weighted by atomic mass is 10.0. The molecule has 0 saturated carbocycles. The molecule has 0 unspecified atom stereocenters. The summed E-state index contributed by atoms with van der Waals surface area (Å²) in [6.45, 7) is 1.81. The van der Waals surface area contributed by atoms with Crippen molar-refractivity contribution in [1.82, 2.24) is 20.3 Å².